The minimum atomic E-state index is -0.468. The Morgan fingerprint density at radius 2 is 2.00 bits per heavy atom. The maximum Gasteiger partial charge on any atom is 0.279 e. The van der Waals surface area contributed by atoms with E-state index in [9.17, 15) is 4.79 Å². The smallest absolute Gasteiger partial charge is 0.279 e. The van der Waals surface area contributed by atoms with E-state index < -0.39 is 5.41 Å². The second-order valence-electron chi connectivity index (χ2n) is 4.29. The van der Waals surface area contributed by atoms with E-state index in [0.717, 1.165) is 26.1 Å². The fourth-order valence-corrected chi connectivity index (χ4v) is 1.35. The Hall–Kier alpha value is 0.494. The Kier molecular flexibility index (Phi) is 11.2. The summed E-state index contributed by atoms with van der Waals surface area (Å²) >= 11 is 0. The van der Waals surface area contributed by atoms with Gasteiger partial charge in [-0.05, 0) is 33.4 Å². The van der Waals surface area contributed by atoms with Crippen molar-refractivity contribution in [2.45, 2.75) is 27.2 Å². The van der Waals surface area contributed by atoms with Gasteiger partial charge in [-0.3, -0.25) is 4.79 Å². The van der Waals surface area contributed by atoms with Crippen LogP contribution in [0.15, 0.2) is 0 Å². The topological polar surface area (TPSA) is 55.6 Å². The first-order chi connectivity index (χ1) is 6.97. The summed E-state index contributed by atoms with van der Waals surface area (Å²) in [7, 11) is 3.15. The van der Waals surface area contributed by atoms with Crippen LogP contribution in [0.3, 0.4) is 0 Å². The van der Waals surface area contributed by atoms with E-state index in [1.165, 1.54) is 0 Å². The van der Waals surface area contributed by atoms with E-state index in [4.69, 9.17) is 5.73 Å². The predicted molar refractivity (Wildman–Crippen MR) is 61.0 cm³/mol. The zero-order chi connectivity index (χ0) is 11.9. The van der Waals surface area contributed by atoms with Crippen LogP contribution in [-0.2, 0) is 42.2 Å². The number of ether oxygens (including phenoxy) is 1. The molecular weight excluding hydrogens is 281 g/mol. The van der Waals surface area contributed by atoms with E-state index in [0.29, 0.717) is 6.54 Å². The summed E-state index contributed by atoms with van der Waals surface area (Å²) in [5.41, 5.74) is 5.02. The first kappa shape index (κ1) is 18.8. The number of nitrogens with two attached hydrogens (primary N) is 1. The number of hydrogen-bond donors (Lipinski definition) is 1. The molecule has 1 radical (unpaired) electrons. The van der Waals surface area contributed by atoms with Gasteiger partial charge >= 0.3 is 0 Å². The normalized spacial score (nSPS) is 11.1. The van der Waals surface area contributed by atoms with Crippen molar-refractivity contribution in [3.8, 4) is 0 Å². The third-order valence-electron chi connectivity index (χ3n) is 2.63. The van der Waals surface area contributed by atoms with Gasteiger partial charge in [0.15, 0.2) is 0 Å². The fourth-order valence-electron chi connectivity index (χ4n) is 1.35. The number of esters is 1. The van der Waals surface area contributed by atoms with Gasteiger partial charge in [-0.15, -0.1) is 0 Å². The van der Waals surface area contributed by atoms with Crippen LogP contribution in [0.5, 0.6) is 0 Å². The molecule has 5 heteroatoms. The number of likely N-dealkylation sites (N-methyl/N-ethyl adjacent to an activating group) is 1. The van der Waals surface area contributed by atoms with Crippen molar-refractivity contribution in [3.63, 3.8) is 0 Å². The van der Waals surface area contributed by atoms with Crippen molar-refractivity contribution in [1.29, 1.82) is 0 Å². The molecule has 2 N–H and O–H groups in total. The largest absolute Gasteiger partial charge is 0.640 e. The molecule has 0 amide bonds. The van der Waals surface area contributed by atoms with Crippen LogP contribution in [-0.4, -0.2) is 37.0 Å². The number of hydrogen-bond acceptors (Lipinski definition) is 4. The van der Waals surface area contributed by atoms with Crippen LogP contribution >= 0.6 is 0 Å². The van der Waals surface area contributed by atoms with Gasteiger partial charge in [0.25, 0.3) is 5.97 Å². The van der Waals surface area contributed by atoms with Gasteiger partial charge in [0.2, 0.25) is 0 Å². The molecular formula is C11H23N2O2Y-. The molecule has 0 bridgehead atoms. The van der Waals surface area contributed by atoms with Crippen molar-refractivity contribution in [1.82, 2.24) is 4.90 Å². The number of rotatable bonds is 7. The number of carbonyl (C=O) groups excluding carboxylic acids is 1. The molecule has 0 aromatic rings. The summed E-state index contributed by atoms with van der Waals surface area (Å²) in [6.07, 6.45) is 0.759. The summed E-state index contributed by atoms with van der Waals surface area (Å²) < 4.78 is 4.51. The maximum absolute atomic E-state index is 11.4. The molecule has 0 fully saturated rings. The average Bonchev–Trinajstić information content (AvgIpc) is 2.22. The Bertz CT molecular complexity index is 198. The van der Waals surface area contributed by atoms with Gasteiger partial charge in [-0.1, -0.05) is 6.92 Å². The fraction of sp³-hybridized carbons (Fsp3) is 0.818. The van der Waals surface area contributed by atoms with E-state index in [1.807, 2.05) is 13.8 Å². The van der Waals surface area contributed by atoms with Crippen LogP contribution in [0.25, 0.3) is 0 Å². The average molecular weight is 304 g/mol. The molecule has 0 aromatic carbocycles. The van der Waals surface area contributed by atoms with E-state index in [-0.39, 0.29) is 38.7 Å². The van der Waals surface area contributed by atoms with Crippen molar-refractivity contribution < 1.29 is 42.2 Å². The third kappa shape index (κ3) is 6.94. The Morgan fingerprint density at radius 1 is 1.44 bits per heavy atom. The summed E-state index contributed by atoms with van der Waals surface area (Å²) in [4.78, 5) is 13.6. The Labute approximate surface area is 124 Å². The van der Waals surface area contributed by atoms with Crippen LogP contribution in [0, 0.1) is 12.5 Å². The second-order valence-corrected chi connectivity index (χ2v) is 4.29. The van der Waals surface area contributed by atoms with Gasteiger partial charge in [-0.25, -0.2) is 0 Å². The van der Waals surface area contributed by atoms with Gasteiger partial charge in [-0.2, -0.15) is 7.11 Å². The zero-order valence-corrected chi connectivity index (χ0v) is 13.5. The summed E-state index contributed by atoms with van der Waals surface area (Å²) in [6.45, 7) is 9.15. The molecule has 0 aromatic heterocycles. The molecule has 0 saturated carbocycles. The van der Waals surface area contributed by atoms with Gasteiger partial charge in [0.05, 0.1) is 5.41 Å². The van der Waals surface area contributed by atoms with Crippen LogP contribution < -0.4 is 5.73 Å². The summed E-state index contributed by atoms with van der Waals surface area (Å²) in [5.74, 6) is -0.258. The summed E-state index contributed by atoms with van der Waals surface area (Å²) in [5, 5.41) is 0. The maximum atomic E-state index is 11.4. The molecule has 0 aliphatic heterocycles. The molecule has 0 saturated heterocycles. The van der Waals surface area contributed by atoms with E-state index >= 15 is 0 Å². The Morgan fingerprint density at radius 3 is 2.38 bits per heavy atom. The third-order valence-corrected chi connectivity index (χ3v) is 2.63. The van der Waals surface area contributed by atoms with Crippen LogP contribution in [0.2, 0.25) is 0 Å². The first-order valence-corrected chi connectivity index (χ1v) is 5.36. The Balaban J connectivity index is 0. The van der Waals surface area contributed by atoms with Crippen molar-refractivity contribution >= 4 is 5.97 Å². The zero-order valence-electron chi connectivity index (χ0n) is 10.7. The van der Waals surface area contributed by atoms with Crippen LogP contribution in [0.4, 0.5) is 0 Å². The standard InChI is InChI=1S/C11H23N2O2.Y/c1-5-13(9-7-12)8-6-11(2,3)10(14)15-4;/h4-9,12H2,1-3H3;/q-1;. The molecule has 0 aliphatic rings. The summed E-state index contributed by atoms with van der Waals surface area (Å²) in [6, 6.07) is 0. The van der Waals surface area contributed by atoms with Crippen molar-refractivity contribution in [2.75, 3.05) is 26.2 Å². The molecule has 0 spiro atoms. The number of nitrogens with zero attached hydrogens (tertiary/aromatic N) is 1. The SMILES string of the molecule is [CH2-]OC(=O)C(C)(C)CCN(CC)CCN.[Y]. The molecule has 16 heavy (non-hydrogen) atoms. The number of carbonyl (C=O) groups is 1. The quantitative estimate of drug-likeness (QED) is 0.563. The molecule has 93 valence electrons. The second kappa shape index (κ2) is 9.52. The minimum Gasteiger partial charge on any atom is -0.640 e. The molecule has 0 heterocycles. The van der Waals surface area contributed by atoms with Crippen molar-refractivity contribution in [2.24, 2.45) is 11.1 Å². The van der Waals surface area contributed by atoms with Crippen molar-refractivity contribution in [3.05, 3.63) is 7.11 Å². The molecule has 0 rings (SSSR count). The molecule has 0 atom stereocenters. The van der Waals surface area contributed by atoms with Gasteiger partial charge < -0.3 is 15.4 Å². The monoisotopic (exact) mass is 304 g/mol. The van der Waals surface area contributed by atoms with E-state index in [2.05, 4.69) is 23.7 Å². The van der Waals surface area contributed by atoms with Gasteiger partial charge in [0.1, 0.15) is 0 Å². The molecule has 0 aliphatic carbocycles. The molecule has 4 nitrogen and oxygen atoms in total. The van der Waals surface area contributed by atoms with Crippen LogP contribution in [0.1, 0.15) is 27.2 Å². The van der Waals surface area contributed by atoms with Gasteiger partial charge in [0, 0.05) is 45.8 Å². The minimum absolute atomic E-state index is 0. The molecule has 0 unspecified atom stereocenters. The van der Waals surface area contributed by atoms with E-state index in [1.54, 1.807) is 0 Å². The predicted octanol–water partition coefficient (Wildman–Crippen LogP) is 1.02. The first-order valence-electron chi connectivity index (χ1n) is 5.36.